The summed E-state index contributed by atoms with van der Waals surface area (Å²) in [7, 11) is 0. The Morgan fingerprint density at radius 1 is 1.07 bits per heavy atom. The van der Waals surface area contributed by atoms with E-state index in [2.05, 4.69) is 16.5 Å². The highest BCUT2D eigenvalue weighted by Gasteiger charge is 2.23. The van der Waals surface area contributed by atoms with E-state index in [-0.39, 0.29) is 5.82 Å². The van der Waals surface area contributed by atoms with Crippen LogP contribution < -0.4 is 0 Å². The minimum absolute atomic E-state index is 0.218. The van der Waals surface area contributed by atoms with Crippen LogP contribution in [-0.4, -0.2) is 26.4 Å². The van der Waals surface area contributed by atoms with Crippen molar-refractivity contribution in [1.82, 2.24) is 19.9 Å². The molecular weight excluding hydrogens is 383 g/mol. The van der Waals surface area contributed by atoms with E-state index in [1.54, 1.807) is 23.5 Å². The lowest BCUT2D eigenvalue weighted by atomic mass is 9.88. The normalized spacial score (nSPS) is 18.0. The average molecular weight is 409 g/mol. The molecule has 29 heavy (non-hydrogen) atoms. The number of fused-ring (bicyclic) bond motifs is 1. The van der Waals surface area contributed by atoms with Crippen LogP contribution in [0.5, 0.6) is 0 Å². The molecule has 0 N–H and O–H groups in total. The Kier molecular flexibility index (Phi) is 5.38. The van der Waals surface area contributed by atoms with Gasteiger partial charge in [-0.2, -0.15) is 0 Å². The van der Waals surface area contributed by atoms with Crippen molar-refractivity contribution in [3.8, 4) is 11.3 Å². The number of rotatable bonds is 4. The maximum absolute atomic E-state index is 13.1. The van der Waals surface area contributed by atoms with Crippen molar-refractivity contribution in [3.05, 3.63) is 63.7 Å². The molecule has 1 saturated carbocycles. The van der Waals surface area contributed by atoms with Gasteiger partial charge in [0.1, 0.15) is 16.6 Å². The molecule has 0 amide bonds. The Morgan fingerprint density at radius 3 is 2.72 bits per heavy atom. The van der Waals surface area contributed by atoms with Crippen LogP contribution in [0.1, 0.15) is 60.1 Å². The lowest BCUT2D eigenvalue weighted by Gasteiger charge is -2.28. The second kappa shape index (κ2) is 8.28. The second-order valence-corrected chi connectivity index (χ2v) is 9.07. The lowest BCUT2D eigenvalue weighted by Crippen LogP contribution is -2.31. The molecule has 1 fully saturated rings. The van der Waals surface area contributed by atoms with Crippen LogP contribution in [0.2, 0.25) is 0 Å². The van der Waals surface area contributed by atoms with E-state index < -0.39 is 0 Å². The minimum Gasteiger partial charge on any atom is -0.292 e. The molecule has 3 aromatic rings. The first-order valence-electron chi connectivity index (χ1n) is 10.5. The highest BCUT2D eigenvalue weighted by Crippen LogP contribution is 2.31. The summed E-state index contributed by atoms with van der Waals surface area (Å²) in [4.78, 5) is 16.8. The first-order valence-corrected chi connectivity index (χ1v) is 11.4. The van der Waals surface area contributed by atoms with Gasteiger partial charge in [0.15, 0.2) is 0 Å². The SMILES string of the molecule is Fc1ccc(-c2csc(CN3CCc4nc(C5CCCCC5)ncc4C3)n2)cc1. The van der Waals surface area contributed by atoms with Gasteiger partial charge in [-0.05, 0) is 37.1 Å². The molecule has 0 spiro atoms. The molecule has 1 aliphatic heterocycles. The van der Waals surface area contributed by atoms with Gasteiger partial charge in [0.05, 0.1) is 12.2 Å². The van der Waals surface area contributed by atoms with Gasteiger partial charge in [-0.1, -0.05) is 19.3 Å². The summed E-state index contributed by atoms with van der Waals surface area (Å²) in [5.41, 5.74) is 4.37. The maximum atomic E-state index is 13.1. The van der Waals surface area contributed by atoms with Gasteiger partial charge in [-0.3, -0.25) is 4.90 Å². The number of thiazole rings is 1. The first kappa shape index (κ1) is 18.8. The molecule has 3 heterocycles. The highest BCUT2D eigenvalue weighted by molar-refractivity contribution is 7.09. The predicted octanol–water partition coefficient (Wildman–Crippen LogP) is 5.35. The third-order valence-electron chi connectivity index (χ3n) is 6.05. The van der Waals surface area contributed by atoms with E-state index in [4.69, 9.17) is 15.0 Å². The molecule has 5 rings (SSSR count). The molecule has 6 heteroatoms. The van der Waals surface area contributed by atoms with Crippen LogP contribution in [0, 0.1) is 5.82 Å². The molecule has 2 aliphatic rings. The number of nitrogens with zero attached hydrogens (tertiary/aromatic N) is 4. The molecule has 1 aromatic carbocycles. The third-order valence-corrected chi connectivity index (χ3v) is 6.89. The number of aromatic nitrogens is 3. The molecule has 0 saturated heterocycles. The molecule has 2 aromatic heterocycles. The van der Waals surface area contributed by atoms with Crippen molar-refractivity contribution < 1.29 is 4.39 Å². The largest absolute Gasteiger partial charge is 0.292 e. The summed E-state index contributed by atoms with van der Waals surface area (Å²) in [6.45, 7) is 2.71. The Hall–Kier alpha value is -2.18. The van der Waals surface area contributed by atoms with E-state index in [1.807, 2.05) is 0 Å². The van der Waals surface area contributed by atoms with Crippen molar-refractivity contribution >= 4 is 11.3 Å². The minimum atomic E-state index is -0.218. The molecule has 150 valence electrons. The second-order valence-electron chi connectivity index (χ2n) is 8.13. The summed E-state index contributed by atoms with van der Waals surface area (Å²) in [5, 5.41) is 3.15. The van der Waals surface area contributed by atoms with E-state index >= 15 is 0 Å². The van der Waals surface area contributed by atoms with Crippen molar-refractivity contribution in [2.75, 3.05) is 6.54 Å². The molecule has 0 bridgehead atoms. The molecule has 0 radical (unpaired) electrons. The van der Waals surface area contributed by atoms with Gasteiger partial charge >= 0.3 is 0 Å². The van der Waals surface area contributed by atoms with E-state index in [9.17, 15) is 4.39 Å². The quantitative estimate of drug-likeness (QED) is 0.584. The van der Waals surface area contributed by atoms with Crippen LogP contribution in [0.15, 0.2) is 35.8 Å². The average Bonchev–Trinajstić information content (AvgIpc) is 3.23. The van der Waals surface area contributed by atoms with Gasteiger partial charge in [0.25, 0.3) is 0 Å². The van der Waals surface area contributed by atoms with Gasteiger partial charge in [0, 0.05) is 53.8 Å². The van der Waals surface area contributed by atoms with Gasteiger partial charge in [-0.25, -0.2) is 19.3 Å². The number of hydrogen-bond acceptors (Lipinski definition) is 5. The Bertz CT molecular complexity index is 979. The Balaban J connectivity index is 1.25. The Labute approximate surface area is 174 Å². The summed E-state index contributed by atoms with van der Waals surface area (Å²) in [6.07, 6.45) is 9.50. The third kappa shape index (κ3) is 4.23. The lowest BCUT2D eigenvalue weighted by molar-refractivity contribution is 0.242. The fourth-order valence-electron chi connectivity index (χ4n) is 4.41. The first-order chi connectivity index (χ1) is 14.2. The maximum Gasteiger partial charge on any atom is 0.131 e. The Morgan fingerprint density at radius 2 is 1.90 bits per heavy atom. The number of halogens is 1. The van der Waals surface area contributed by atoms with E-state index in [0.717, 1.165) is 48.1 Å². The molecule has 0 atom stereocenters. The fourth-order valence-corrected chi connectivity index (χ4v) is 5.26. The van der Waals surface area contributed by atoms with Gasteiger partial charge in [-0.15, -0.1) is 11.3 Å². The standard InChI is InChI=1S/C23H25FN4S/c24-19-8-6-16(7-9-19)21-15-29-22(26-21)14-28-11-10-20-18(13-28)12-25-23(27-20)17-4-2-1-3-5-17/h6-9,12,15,17H,1-5,10-11,13-14H2. The topological polar surface area (TPSA) is 41.9 Å². The van der Waals surface area contributed by atoms with Crippen LogP contribution >= 0.6 is 11.3 Å². The molecule has 4 nitrogen and oxygen atoms in total. The summed E-state index contributed by atoms with van der Waals surface area (Å²) in [6, 6.07) is 6.54. The fraction of sp³-hybridized carbons (Fsp3) is 0.435. The zero-order valence-corrected chi connectivity index (χ0v) is 17.3. The monoisotopic (exact) mass is 408 g/mol. The van der Waals surface area contributed by atoms with Crippen LogP contribution in [-0.2, 0) is 19.5 Å². The molecule has 0 unspecified atom stereocenters. The number of benzene rings is 1. The molecular formula is C23H25FN4S. The van der Waals surface area contributed by atoms with Gasteiger partial charge in [0.2, 0.25) is 0 Å². The number of hydrogen-bond donors (Lipinski definition) is 0. The molecule has 1 aliphatic carbocycles. The zero-order chi connectivity index (χ0) is 19.6. The smallest absolute Gasteiger partial charge is 0.131 e. The van der Waals surface area contributed by atoms with Crippen molar-refractivity contribution in [2.24, 2.45) is 0 Å². The van der Waals surface area contributed by atoms with Crippen LogP contribution in [0.3, 0.4) is 0 Å². The van der Waals surface area contributed by atoms with Crippen LogP contribution in [0.25, 0.3) is 11.3 Å². The van der Waals surface area contributed by atoms with Crippen molar-refractivity contribution in [1.29, 1.82) is 0 Å². The zero-order valence-electron chi connectivity index (χ0n) is 16.5. The van der Waals surface area contributed by atoms with E-state index in [1.165, 1.54) is 55.5 Å². The highest BCUT2D eigenvalue weighted by atomic mass is 32.1. The van der Waals surface area contributed by atoms with Crippen molar-refractivity contribution in [3.63, 3.8) is 0 Å². The van der Waals surface area contributed by atoms with Crippen molar-refractivity contribution in [2.45, 2.75) is 57.5 Å². The summed E-state index contributed by atoms with van der Waals surface area (Å²) < 4.78 is 13.1. The van der Waals surface area contributed by atoms with Gasteiger partial charge < -0.3 is 0 Å². The summed E-state index contributed by atoms with van der Waals surface area (Å²) >= 11 is 1.67. The summed E-state index contributed by atoms with van der Waals surface area (Å²) in [5.74, 6) is 1.41. The predicted molar refractivity (Wildman–Crippen MR) is 113 cm³/mol. The van der Waals surface area contributed by atoms with Crippen LogP contribution in [0.4, 0.5) is 4.39 Å². The van der Waals surface area contributed by atoms with E-state index in [0.29, 0.717) is 5.92 Å².